The lowest BCUT2D eigenvalue weighted by Gasteiger charge is -2.34. The Morgan fingerprint density at radius 1 is 1.25 bits per heavy atom. The second kappa shape index (κ2) is 6.00. The van der Waals surface area contributed by atoms with Gasteiger partial charge in [0.25, 0.3) is 0 Å². The number of thiazole rings is 1. The molecule has 0 unspecified atom stereocenters. The zero-order chi connectivity index (χ0) is 16.5. The van der Waals surface area contributed by atoms with E-state index in [4.69, 9.17) is 5.11 Å². The predicted octanol–water partition coefficient (Wildman–Crippen LogP) is 2.30. The van der Waals surface area contributed by atoms with Crippen molar-refractivity contribution in [2.45, 2.75) is 24.8 Å². The molecule has 1 saturated carbocycles. The molecule has 0 spiro atoms. The van der Waals surface area contributed by atoms with Gasteiger partial charge in [0.2, 0.25) is 0 Å². The molecule has 3 aromatic heterocycles. The molecule has 0 aliphatic heterocycles. The summed E-state index contributed by atoms with van der Waals surface area (Å²) in [7, 11) is 0. The topological polar surface area (TPSA) is 106 Å². The monoisotopic (exact) mass is 342 g/mol. The molecule has 3 aromatic rings. The Hall–Kier alpha value is -2.81. The average molecular weight is 342 g/mol. The van der Waals surface area contributed by atoms with E-state index in [9.17, 15) is 4.79 Å². The molecule has 24 heavy (non-hydrogen) atoms. The SMILES string of the molecule is O=C(O)NC1CC(c2nnc(-c3nccs3)n2-c2ccncc2)C1. The van der Waals surface area contributed by atoms with Crippen LogP contribution in [0.5, 0.6) is 0 Å². The van der Waals surface area contributed by atoms with E-state index in [1.165, 1.54) is 11.3 Å². The van der Waals surface area contributed by atoms with Gasteiger partial charge in [-0.2, -0.15) is 0 Å². The summed E-state index contributed by atoms with van der Waals surface area (Å²) in [6.07, 6.45) is 5.63. The van der Waals surface area contributed by atoms with E-state index in [2.05, 4.69) is 25.5 Å². The Morgan fingerprint density at radius 2 is 2.04 bits per heavy atom. The molecule has 2 N–H and O–H groups in total. The zero-order valence-electron chi connectivity index (χ0n) is 12.5. The molecular formula is C15H14N6O2S. The van der Waals surface area contributed by atoms with Crippen molar-refractivity contribution in [1.82, 2.24) is 30.0 Å². The number of aromatic nitrogens is 5. The quantitative estimate of drug-likeness (QED) is 0.753. The van der Waals surface area contributed by atoms with Gasteiger partial charge in [0.15, 0.2) is 10.8 Å². The molecule has 1 fully saturated rings. The molecule has 1 aliphatic rings. The number of carboxylic acid groups (broad SMARTS) is 1. The highest BCUT2D eigenvalue weighted by molar-refractivity contribution is 7.13. The summed E-state index contributed by atoms with van der Waals surface area (Å²) in [6.45, 7) is 0. The maximum Gasteiger partial charge on any atom is 0.404 e. The molecule has 0 bridgehead atoms. The summed E-state index contributed by atoms with van der Waals surface area (Å²) in [6, 6.07) is 3.77. The fourth-order valence-electron chi connectivity index (χ4n) is 2.90. The molecule has 122 valence electrons. The van der Waals surface area contributed by atoms with Crippen molar-refractivity contribution in [3.8, 4) is 16.5 Å². The minimum Gasteiger partial charge on any atom is -0.465 e. The van der Waals surface area contributed by atoms with Crippen LogP contribution in [0.25, 0.3) is 16.5 Å². The van der Waals surface area contributed by atoms with Crippen molar-refractivity contribution in [2.75, 3.05) is 0 Å². The summed E-state index contributed by atoms with van der Waals surface area (Å²) >= 11 is 1.50. The van der Waals surface area contributed by atoms with E-state index >= 15 is 0 Å². The highest BCUT2D eigenvalue weighted by Crippen LogP contribution is 2.38. The Bertz CT molecular complexity index is 842. The fraction of sp³-hybridized carbons (Fsp3) is 0.267. The Labute approximate surface area is 141 Å². The van der Waals surface area contributed by atoms with E-state index in [0.29, 0.717) is 18.7 Å². The first-order chi connectivity index (χ1) is 11.7. The summed E-state index contributed by atoms with van der Waals surface area (Å²) < 4.78 is 1.99. The molecular weight excluding hydrogens is 328 g/mol. The first kappa shape index (κ1) is 14.8. The van der Waals surface area contributed by atoms with Crippen LogP contribution in [0.15, 0.2) is 36.1 Å². The molecule has 0 atom stereocenters. The normalized spacial score (nSPS) is 19.7. The molecule has 9 heteroatoms. The third-order valence-corrected chi connectivity index (χ3v) is 4.83. The number of amides is 1. The number of pyridine rings is 1. The van der Waals surface area contributed by atoms with Crippen molar-refractivity contribution in [1.29, 1.82) is 0 Å². The lowest BCUT2D eigenvalue weighted by atomic mass is 9.79. The number of carbonyl (C=O) groups is 1. The second-order valence-corrected chi connectivity index (χ2v) is 6.47. The molecule has 1 aliphatic carbocycles. The van der Waals surface area contributed by atoms with Gasteiger partial charge < -0.3 is 10.4 Å². The van der Waals surface area contributed by atoms with Gasteiger partial charge in [0.1, 0.15) is 5.82 Å². The molecule has 4 rings (SSSR count). The van der Waals surface area contributed by atoms with E-state index in [1.54, 1.807) is 18.6 Å². The minimum absolute atomic E-state index is 0.0293. The summed E-state index contributed by atoms with van der Waals surface area (Å²) in [5, 5.41) is 22.7. The van der Waals surface area contributed by atoms with E-state index < -0.39 is 6.09 Å². The van der Waals surface area contributed by atoms with Gasteiger partial charge >= 0.3 is 6.09 Å². The third-order valence-electron chi connectivity index (χ3n) is 4.06. The fourth-order valence-corrected chi connectivity index (χ4v) is 3.51. The molecule has 1 amide bonds. The molecule has 8 nitrogen and oxygen atoms in total. The van der Waals surface area contributed by atoms with Gasteiger partial charge in [-0.1, -0.05) is 0 Å². The van der Waals surface area contributed by atoms with Gasteiger partial charge in [-0.15, -0.1) is 21.5 Å². The van der Waals surface area contributed by atoms with Crippen molar-refractivity contribution >= 4 is 17.4 Å². The van der Waals surface area contributed by atoms with Gasteiger partial charge in [0.05, 0.1) is 5.69 Å². The van der Waals surface area contributed by atoms with Crippen LogP contribution in [0.1, 0.15) is 24.6 Å². The minimum atomic E-state index is -0.988. The number of nitrogens with one attached hydrogen (secondary N) is 1. The van der Waals surface area contributed by atoms with Gasteiger partial charge in [0, 0.05) is 35.9 Å². The van der Waals surface area contributed by atoms with Crippen LogP contribution in [-0.4, -0.2) is 42.0 Å². The lowest BCUT2D eigenvalue weighted by molar-refractivity contribution is 0.176. The number of hydrogen-bond acceptors (Lipinski definition) is 6. The maximum absolute atomic E-state index is 10.7. The van der Waals surface area contributed by atoms with Crippen molar-refractivity contribution < 1.29 is 9.90 Å². The number of rotatable bonds is 4. The highest BCUT2D eigenvalue weighted by Gasteiger charge is 2.36. The van der Waals surface area contributed by atoms with E-state index in [1.807, 2.05) is 22.1 Å². The average Bonchev–Trinajstić information content (AvgIpc) is 3.20. The number of nitrogens with zero attached hydrogens (tertiary/aromatic N) is 5. The molecule has 0 aromatic carbocycles. The molecule has 0 radical (unpaired) electrons. The van der Waals surface area contributed by atoms with Gasteiger partial charge in [-0.05, 0) is 25.0 Å². The van der Waals surface area contributed by atoms with E-state index in [0.717, 1.165) is 16.5 Å². The van der Waals surface area contributed by atoms with Gasteiger partial charge in [-0.25, -0.2) is 9.78 Å². The first-order valence-electron chi connectivity index (χ1n) is 7.47. The van der Waals surface area contributed by atoms with Crippen molar-refractivity contribution in [2.24, 2.45) is 0 Å². The maximum atomic E-state index is 10.7. The standard InChI is InChI=1S/C15H14N6O2S/c22-15(23)18-10-7-9(8-10)12-19-20-13(14-17-5-6-24-14)21(12)11-1-3-16-4-2-11/h1-6,9-10,18H,7-8H2,(H,22,23). The summed E-state index contributed by atoms with van der Waals surface area (Å²) in [5.41, 5.74) is 0.921. The summed E-state index contributed by atoms with van der Waals surface area (Å²) in [4.78, 5) is 19.1. The summed E-state index contributed by atoms with van der Waals surface area (Å²) in [5.74, 6) is 1.69. The molecule has 0 saturated heterocycles. The Balaban J connectivity index is 1.70. The van der Waals surface area contributed by atoms with Crippen LogP contribution in [0, 0.1) is 0 Å². The van der Waals surface area contributed by atoms with Crippen molar-refractivity contribution in [3.05, 3.63) is 41.9 Å². The second-order valence-electron chi connectivity index (χ2n) is 5.57. The Morgan fingerprint density at radius 3 is 2.71 bits per heavy atom. The Kier molecular flexibility index (Phi) is 3.69. The van der Waals surface area contributed by atoms with Crippen LogP contribution < -0.4 is 5.32 Å². The molecule has 3 heterocycles. The van der Waals surface area contributed by atoms with Crippen LogP contribution in [0.3, 0.4) is 0 Å². The van der Waals surface area contributed by atoms with Crippen molar-refractivity contribution in [3.63, 3.8) is 0 Å². The zero-order valence-corrected chi connectivity index (χ0v) is 13.3. The predicted molar refractivity (Wildman–Crippen MR) is 87.2 cm³/mol. The highest BCUT2D eigenvalue weighted by atomic mass is 32.1. The first-order valence-corrected chi connectivity index (χ1v) is 8.35. The van der Waals surface area contributed by atoms with Crippen LogP contribution >= 0.6 is 11.3 Å². The van der Waals surface area contributed by atoms with E-state index in [-0.39, 0.29) is 12.0 Å². The smallest absolute Gasteiger partial charge is 0.404 e. The lowest BCUT2D eigenvalue weighted by Crippen LogP contribution is -2.43. The number of hydrogen-bond donors (Lipinski definition) is 2. The van der Waals surface area contributed by atoms with Crippen LogP contribution in [0.2, 0.25) is 0 Å². The van der Waals surface area contributed by atoms with Gasteiger partial charge in [-0.3, -0.25) is 9.55 Å². The largest absolute Gasteiger partial charge is 0.465 e. The van der Waals surface area contributed by atoms with Crippen LogP contribution in [0.4, 0.5) is 4.79 Å². The van der Waals surface area contributed by atoms with Crippen LogP contribution in [-0.2, 0) is 0 Å². The third kappa shape index (κ3) is 2.62.